The van der Waals surface area contributed by atoms with E-state index >= 15 is 0 Å². The Balaban J connectivity index is 1.49. The van der Waals surface area contributed by atoms with Crippen LogP contribution < -0.4 is 14.4 Å². The summed E-state index contributed by atoms with van der Waals surface area (Å²) in [5, 5.41) is 4.34. The van der Waals surface area contributed by atoms with Crippen LogP contribution in [0.5, 0.6) is 5.75 Å². The van der Waals surface area contributed by atoms with E-state index in [2.05, 4.69) is 16.0 Å². The van der Waals surface area contributed by atoms with Crippen molar-refractivity contribution >= 4 is 43.5 Å². The number of anilines is 1. The third-order valence-electron chi connectivity index (χ3n) is 7.95. The van der Waals surface area contributed by atoms with Crippen LogP contribution in [-0.4, -0.2) is 44.2 Å². The van der Waals surface area contributed by atoms with E-state index in [-0.39, 0.29) is 5.91 Å². The molecule has 216 valence electrons. The molecule has 1 aliphatic heterocycles. The van der Waals surface area contributed by atoms with Gasteiger partial charge in [-0.2, -0.15) is 0 Å². The Labute approximate surface area is 248 Å². The number of sulfonamides is 1. The average molecular weight is 593 g/mol. The first kappa shape index (κ1) is 26.8. The summed E-state index contributed by atoms with van der Waals surface area (Å²) in [6.07, 6.45) is 1.14. The second-order valence-electron chi connectivity index (χ2n) is 10.7. The molecule has 0 saturated carbocycles. The Kier molecular flexibility index (Phi) is 6.07. The summed E-state index contributed by atoms with van der Waals surface area (Å²) in [7, 11) is -0.608. The second-order valence-corrected chi connectivity index (χ2v) is 12.7. The molecule has 0 bridgehead atoms. The zero-order valence-electron chi connectivity index (χ0n) is 24.0. The lowest BCUT2D eigenvalue weighted by atomic mass is 10.00. The highest BCUT2D eigenvalue weighted by Crippen LogP contribution is 2.43. The molecule has 10 heteroatoms. The molecule has 43 heavy (non-hydrogen) atoms. The van der Waals surface area contributed by atoms with Crippen LogP contribution in [-0.2, 0) is 16.8 Å². The van der Waals surface area contributed by atoms with Gasteiger partial charge < -0.3 is 19.0 Å². The van der Waals surface area contributed by atoms with Crippen LogP contribution in [0.15, 0.2) is 83.3 Å². The minimum Gasteiger partial charge on any atom is -0.470 e. The molecule has 9 nitrogen and oxygen atoms in total. The number of hydrogen-bond donors (Lipinski definition) is 1. The fraction of sp³-hybridized carbons (Fsp3) is 0.152. The molecule has 0 aliphatic carbocycles. The van der Waals surface area contributed by atoms with Gasteiger partial charge in [0.05, 0.1) is 34.4 Å². The van der Waals surface area contributed by atoms with Gasteiger partial charge in [-0.3, -0.25) is 9.10 Å². The topological polar surface area (TPSA) is 107 Å². The number of nitrogens with one attached hydrogen (secondary N) is 1. The minimum absolute atomic E-state index is 0.319. The number of furan rings is 1. The quantitative estimate of drug-likeness (QED) is 0.256. The number of pyridine rings is 1. The third-order valence-corrected chi connectivity index (χ3v) is 9.14. The molecule has 0 fully saturated rings. The van der Waals surface area contributed by atoms with E-state index in [4.69, 9.17) is 14.1 Å². The van der Waals surface area contributed by atoms with Gasteiger partial charge in [-0.25, -0.2) is 13.4 Å². The van der Waals surface area contributed by atoms with Gasteiger partial charge in [0.15, 0.2) is 6.73 Å². The van der Waals surface area contributed by atoms with Crippen molar-refractivity contribution in [3.05, 3.63) is 90.0 Å². The number of aromatic nitrogens is 2. The van der Waals surface area contributed by atoms with Crippen molar-refractivity contribution in [1.82, 2.24) is 14.9 Å². The van der Waals surface area contributed by atoms with Crippen LogP contribution in [0.1, 0.15) is 15.9 Å². The first-order valence-electron chi connectivity index (χ1n) is 13.7. The number of para-hydroxylation sites is 1. The van der Waals surface area contributed by atoms with Crippen LogP contribution in [0.4, 0.5) is 5.69 Å². The van der Waals surface area contributed by atoms with Gasteiger partial charge in [-0.05, 0) is 37.3 Å². The van der Waals surface area contributed by atoms with Crippen molar-refractivity contribution in [2.45, 2.75) is 13.7 Å². The Morgan fingerprint density at radius 1 is 1.02 bits per heavy atom. The number of amides is 1. The van der Waals surface area contributed by atoms with E-state index in [1.807, 2.05) is 61.5 Å². The lowest BCUT2D eigenvalue weighted by Crippen LogP contribution is -2.25. The smallest absolute Gasteiger partial charge is 0.255 e. The summed E-state index contributed by atoms with van der Waals surface area (Å²) in [6.45, 7) is 2.34. The number of benzene rings is 3. The lowest BCUT2D eigenvalue weighted by Gasteiger charge is -2.23. The van der Waals surface area contributed by atoms with E-state index in [1.54, 1.807) is 25.2 Å². The molecule has 0 saturated heterocycles. The van der Waals surface area contributed by atoms with Crippen LogP contribution in [0.25, 0.3) is 55.8 Å². The van der Waals surface area contributed by atoms with Gasteiger partial charge in [0, 0.05) is 42.1 Å². The van der Waals surface area contributed by atoms with Crippen molar-refractivity contribution in [1.29, 1.82) is 0 Å². The van der Waals surface area contributed by atoms with E-state index < -0.39 is 10.0 Å². The number of carbonyl (C=O) groups excluding carboxylic acids is 1. The molecule has 1 N–H and O–H groups in total. The highest BCUT2D eigenvalue weighted by Gasteiger charge is 2.28. The first-order valence-corrected chi connectivity index (χ1v) is 15.6. The molecule has 7 rings (SSSR count). The number of rotatable bonds is 5. The molecule has 1 aliphatic rings. The van der Waals surface area contributed by atoms with Gasteiger partial charge in [0.25, 0.3) is 5.91 Å². The number of carbonyl (C=O) groups is 1. The molecule has 1 amide bonds. The van der Waals surface area contributed by atoms with Gasteiger partial charge in [-0.1, -0.05) is 48.0 Å². The molecule has 0 atom stereocenters. The van der Waals surface area contributed by atoms with Gasteiger partial charge in [0.2, 0.25) is 10.0 Å². The number of fused-ring (bicyclic) bond motifs is 6. The highest BCUT2D eigenvalue weighted by atomic mass is 32.2. The maximum Gasteiger partial charge on any atom is 0.255 e. The van der Waals surface area contributed by atoms with Crippen LogP contribution in [0.3, 0.4) is 0 Å². The molecule has 0 radical (unpaired) electrons. The molecular formula is C33H28N4O5S. The molecule has 0 unspecified atom stereocenters. The van der Waals surface area contributed by atoms with Crippen molar-refractivity contribution in [2.75, 3.05) is 24.7 Å². The molecule has 4 heterocycles. The number of ether oxygens (including phenoxy) is 1. The molecular weight excluding hydrogens is 564 g/mol. The summed E-state index contributed by atoms with van der Waals surface area (Å²) in [5.41, 5.74) is 6.54. The average Bonchev–Trinajstić information content (AvgIpc) is 3.58. The van der Waals surface area contributed by atoms with E-state index in [0.717, 1.165) is 34.0 Å². The van der Waals surface area contributed by atoms with E-state index in [9.17, 15) is 13.2 Å². The molecule has 0 spiro atoms. The summed E-state index contributed by atoms with van der Waals surface area (Å²) in [5.74, 6) is 0.714. The first-order chi connectivity index (χ1) is 20.6. The number of hydrogen-bond acceptors (Lipinski definition) is 6. The van der Waals surface area contributed by atoms with Crippen LogP contribution >= 0.6 is 0 Å². The monoisotopic (exact) mass is 592 g/mol. The second kappa shape index (κ2) is 9.74. The van der Waals surface area contributed by atoms with Crippen molar-refractivity contribution in [3.63, 3.8) is 0 Å². The predicted molar refractivity (Wildman–Crippen MR) is 168 cm³/mol. The SMILES string of the molecule is CNC(=O)c1c(-c2ccc(C)cc2)oc2cc(N(C)S(C)(=O)=O)c(-c3ccc4c(n3)-c3cc5ccccc5n3CO4)cc12. The minimum atomic E-state index is -3.66. The third kappa shape index (κ3) is 4.33. The van der Waals surface area contributed by atoms with Crippen molar-refractivity contribution in [3.8, 4) is 39.7 Å². The van der Waals surface area contributed by atoms with Crippen LogP contribution in [0, 0.1) is 6.92 Å². The standard InChI is InChI=1S/C33H28N4O5S/c1-19-9-11-20(12-10-19)32-30(33(38)34-2)23-16-22(26(17-29(23)42-32)36(3)43(4,39)40)24-13-14-28-31(35-24)27-15-21-7-5-6-8-25(21)37(27)18-41-28/h5-17H,18H2,1-4H3,(H,34,38). The molecule has 3 aromatic heterocycles. The van der Waals surface area contributed by atoms with E-state index in [1.165, 1.54) is 11.4 Å². The summed E-state index contributed by atoms with van der Waals surface area (Å²) >= 11 is 0. The summed E-state index contributed by atoms with van der Waals surface area (Å²) < 4.78 is 41.2. The Hall–Kier alpha value is -5.09. The summed E-state index contributed by atoms with van der Waals surface area (Å²) in [6, 6.07) is 24.9. The van der Waals surface area contributed by atoms with Crippen LogP contribution in [0.2, 0.25) is 0 Å². The predicted octanol–water partition coefficient (Wildman–Crippen LogP) is 6.20. The number of nitrogens with zero attached hydrogens (tertiary/aromatic N) is 3. The van der Waals surface area contributed by atoms with Gasteiger partial charge in [0.1, 0.15) is 22.8 Å². The van der Waals surface area contributed by atoms with Crippen molar-refractivity contribution < 1.29 is 22.4 Å². The Morgan fingerprint density at radius 2 is 1.79 bits per heavy atom. The highest BCUT2D eigenvalue weighted by molar-refractivity contribution is 7.92. The maximum absolute atomic E-state index is 13.3. The number of aryl methyl sites for hydroxylation is 1. The lowest BCUT2D eigenvalue weighted by molar-refractivity contribution is 0.0964. The fourth-order valence-corrected chi connectivity index (χ4v) is 6.12. The zero-order valence-corrected chi connectivity index (χ0v) is 24.8. The van der Waals surface area contributed by atoms with Crippen molar-refractivity contribution in [2.24, 2.45) is 0 Å². The molecule has 6 aromatic rings. The Morgan fingerprint density at radius 3 is 2.53 bits per heavy atom. The largest absolute Gasteiger partial charge is 0.470 e. The fourth-order valence-electron chi connectivity index (χ4n) is 5.61. The maximum atomic E-state index is 13.3. The molecule has 3 aromatic carbocycles. The summed E-state index contributed by atoms with van der Waals surface area (Å²) in [4.78, 5) is 18.3. The van der Waals surface area contributed by atoms with Gasteiger partial charge in [-0.15, -0.1) is 0 Å². The van der Waals surface area contributed by atoms with Gasteiger partial charge >= 0.3 is 0 Å². The van der Waals surface area contributed by atoms with E-state index in [0.29, 0.717) is 57.4 Å². The normalized spacial score (nSPS) is 12.6. The zero-order chi connectivity index (χ0) is 30.0. The Bertz CT molecular complexity index is 2200.